The molecule has 0 spiro atoms. The van der Waals surface area contributed by atoms with E-state index >= 15 is 0 Å². The third-order valence-corrected chi connectivity index (χ3v) is 6.26. The maximum atomic E-state index is 14.9. The number of anilines is 2. The zero-order valence-corrected chi connectivity index (χ0v) is 22.1. The molecule has 1 aliphatic rings. The Bertz CT molecular complexity index is 1840. The molecule has 1 unspecified atom stereocenters. The van der Waals surface area contributed by atoms with Crippen LogP contribution in [0.4, 0.5) is 51.3 Å². The van der Waals surface area contributed by atoms with Crippen molar-refractivity contribution < 1.29 is 53.9 Å². The number of alkyl halides is 6. The summed E-state index contributed by atoms with van der Waals surface area (Å²) in [6.45, 7) is 0.0399. The van der Waals surface area contributed by atoms with Crippen LogP contribution < -0.4 is 21.5 Å². The van der Waals surface area contributed by atoms with E-state index in [2.05, 4.69) is 29.9 Å². The SMILES string of the molecule is O=C(O)C(F)(F)F.O=c1ccn(C2CCCN(c3nc(NCc4cc(C(F)(F)F)no4)nc4cc(F)c(F)c(F)c34)C2)c(=O)[nH]1. The molecular weight excluding hydrogens is 637 g/mol. The van der Waals surface area contributed by atoms with Crippen molar-refractivity contribution in [1.82, 2.24) is 24.7 Å². The normalized spacial score (nSPS) is 15.5. The molecule has 4 heterocycles. The van der Waals surface area contributed by atoms with Crippen LogP contribution in [-0.2, 0) is 17.5 Å². The zero-order chi connectivity index (χ0) is 33.3. The molecule has 21 heteroatoms. The Morgan fingerprint density at radius 2 is 1.78 bits per heavy atom. The van der Waals surface area contributed by atoms with Gasteiger partial charge < -0.3 is 19.8 Å². The van der Waals surface area contributed by atoms with Crippen LogP contribution in [0.5, 0.6) is 0 Å². The van der Waals surface area contributed by atoms with Crippen LogP contribution in [0.3, 0.4) is 0 Å². The molecule has 3 N–H and O–H groups in total. The summed E-state index contributed by atoms with van der Waals surface area (Å²) >= 11 is 0. The largest absolute Gasteiger partial charge is 0.490 e. The highest BCUT2D eigenvalue weighted by Crippen LogP contribution is 2.34. The monoisotopic (exact) mass is 655 g/mol. The highest BCUT2D eigenvalue weighted by Gasteiger charge is 2.38. The first-order valence-electron chi connectivity index (χ1n) is 12.4. The molecule has 1 saturated heterocycles. The fourth-order valence-electron chi connectivity index (χ4n) is 4.27. The Morgan fingerprint density at radius 3 is 2.38 bits per heavy atom. The van der Waals surface area contributed by atoms with Gasteiger partial charge in [0.05, 0.1) is 23.5 Å². The lowest BCUT2D eigenvalue weighted by Gasteiger charge is -2.35. The van der Waals surface area contributed by atoms with E-state index < -0.39 is 64.1 Å². The minimum atomic E-state index is -5.08. The molecule has 3 aromatic heterocycles. The van der Waals surface area contributed by atoms with Crippen molar-refractivity contribution in [2.24, 2.45) is 0 Å². The van der Waals surface area contributed by atoms with Crippen LogP contribution >= 0.6 is 0 Å². The number of aliphatic carboxylic acids is 1. The molecule has 12 nitrogen and oxygen atoms in total. The third-order valence-electron chi connectivity index (χ3n) is 6.26. The van der Waals surface area contributed by atoms with Gasteiger partial charge in [0.25, 0.3) is 5.56 Å². The molecule has 0 radical (unpaired) electrons. The second-order valence-corrected chi connectivity index (χ2v) is 9.34. The van der Waals surface area contributed by atoms with Crippen molar-refractivity contribution in [2.75, 3.05) is 23.3 Å². The van der Waals surface area contributed by atoms with Crippen molar-refractivity contribution in [3.05, 3.63) is 74.1 Å². The molecule has 4 aromatic rings. The zero-order valence-electron chi connectivity index (χ0n) is 22.1. The van der Waals surface area contributed by atoms with Gasteiger partial charge in [-0.1, -0.05) is 5.16 Å². The molecule has 1 atom stereocenters. The van der Waals surface area contributed by atoms with Crippen LogP contribution in [-0.4, -0.2) is 55.0 Å². The fourth-order valence-corrected chi connectivity index (χ4v) is 4.27. The van der Waals surface area contributed by atoms with E-state index in [4.69, 9.17) is 9.90 Å². The summed E-state index contributed by atoms with van der Waals surface area (Å²) < 4.78 is 119. The van der Waals surface area contributed by atoms with Gasteiger partial charge in [-0.25, -0.2) is 27.7 Å². The molecule has 1 aromatic carbocycles. The van der Waals surface area contributed by atoms with Crippen LogP contribution in [0.25, 0.3) is 10.9 Å². The number of H-pyrrole nitrogens is 1. The first-order chi connectivity index (χ1) is 21.0. The number of halogens is 9. The van der Waals surface area contributed by atoms with E-state index in [1.54, 1.807) is 4.90 Å². The summed E-state index contributed by atoms with van der Waals surface area (Å²) in [6, 6.07) is 2.04. The Kier molecular flexibility index (Phi) is 9.09. The number of carboxylic acid groups (broad SMARTS) is 1. The Balaban J connectivity index is 0.000000591. The number of rotatable bonds is 5. The minimum Gasteiger partial charge on any atom is -0.475 e. The second kappa shape index (κ2) is 12.5. The Labute approximate surface area is 243 Å². The lowest BCUT2D eigenvalue weighted by atomic mass is 10.0. The van der Waals surface area contributed by atoms with Gasteiger partial charge >= 0.3 is 24.0 Å². The summed E-state index contributed by atoms with van der Waals surface area (Å²) in [5.41, 5.74) is -2.77. The number of nitrogens with one attached hydrogen (secondary N) is 2. The minimum absolute atomic E-state index is 0.0903. The summed E-state index contributed by atoms with van der Waals surface area (Å²) in [5.74, 6) is -8.06. The van der Waals surface area contributed by atoms with Crippen molar-refractivity contribution >= 4 is 28.6 Å². The van der Waals surface area contributed by atoms with Gasteiger partial charge in [-0.2, -0.15) is 31.3 Å². The second-order valence-electron chi connectivity index (χ2n) is 9.34. The lowest BCUT2D eigenvalue weighted by molar-refractivity contribution is -0.192. The maximum Gasteiger partial charge on any atom is 0.490 e. The molecule has 0 amide bonds. The topological polar surface area (TPSA) is 159 Å². The van der Waals surface area contributed by atoms with Gasteiger partial charge in [0.2, 0.25) is 5.95 Å². The van der Waals surface area contributed by atoms with Crippen molar-refractivity contribution in [3.8, 4) is 0 Å². The average molecular weight is 655 g/mol. The van der Waals surface area contributed by atoms with E-state index in [1.807, 2.05) is 0 Å². The first-order valence-corrected chi connectivity index (χ1v) is 12.4. The number of piperidine rings is 1. The predicted octanol–water partition coefficient (Wildman–Crippen LogP) is 3.99. The summed E-state index contributed by atoms with van der Waals surface area (Å²) in [7, 11) is 0. The highest BCUT2D eigenvalue weighted by molar-refractivity contribution is 5.91. The Morgan fingerprint density at radius 1 is 1.09 bits per heavy atom. The van der Waals surface area contributed by atoms with Gasteiger partial charge in [0, 0.05) is 37.5 Å². The van der Waals surface area contributed by atoms with Crippen molar-refractivity contribution in [1.29, 1.82) is 0 Å². The summed E-state index contributed by atoms with van der Waals surface area (Å²) in [4.78, 5) is 44.5. The molecule has 0 saturated carbocycles. The van der Waals surface area contributed by atoms with Crippen LogP contribution in [0.15, 0.2) is 38.5 Å². The van der Waals surface area contributed by atoms with Gasteiger partial charge in [-0.3, -0.25) is 14.3 Å². The van der Waals surface area contributed by atoms with Crippen molar-refractivity contribution in [2.45, 2.75) is 37.8 Å². The summed E-state index contributed by atoms with van der Waals surface area (Å²) in [6.07, 6.45) is -7.46. The number of carbonyl (C=O) groups is 1. The van der Waals surface area contributed by atoms with Crippen molar-refractivity contribution in [3.63, 3.8) is 0 Å². The van der Waals surface area contributed by atoms with Crippen LogP contribution in [0.2, 0.25) is 0 Å². The molecular formula is C24H18F9N7O5. The van der Waals surface area contributed by atoms with E-state index in [9.17, 15) is 49.1 Å². The number of fused-ring (bicyclic) bond motifs is 1. The molecule has 0 bridgehead atoms. The first kappa shape index (κ1) is 32.8. The molecule has 0 aliphatic carbocycles. The number of hydrogen-bond donors (Lipinski definition) is 3. The number of aromatic amines is 1. The van der Waals surface area contributed by atoms with E-state index in [1.165, 1.54) is 16.8 Å². The molecule has 1 fully saturated rings. The number of nitrogens with zero attached hydrogens (tertiary/aromatic N) is 5. The molecule has 242 valence electrons. The van der Waals surface area contributed by atoms with Gasteiger partial charge in [0.15, 0.2) is 28.9 Å². The maximum absolute atomic E-state index is 14.9. The van der Waals surface area contributed by atoms with Gasteiger partial charge in [-0.15, -0.1) is 0 Å². The van der Waals surface area contributed by atoms with E-state index in [-0.39, 0.29) is 36.1 Å². The molecule has 45 heavy (non-hydrogen) atoms. The predicted molar refractivity (Wildman–Crippen MR) is 134 cm³/mol. The lowest BCUT2D eigenvalue weighted by Crippen LogP contribution is -2.42. The molecule has 1 aliphatic heterocycles. The quantitative estimate of drug-likeness (QED) is 0.212. The van der Waals surface area contributed by atoms with E-state index in [0.29, 0.717) is 31.5 Å². The third kappa shape index (κ3) is 7.52. The molecule has 5 rings (SSSR count). The smallest absolute Gasteiger partial charge is 0.475 e. The average Bonchev–Trinajstić information content (AvgIpc) is 3.44. The number of carboxylic acids is 1. The Hall–Kier alpha value is -5.11. The number of aromatic nitrogens is 5. The van der Waals surface area contributed by atoms with Gasteiger partial charge in [0.1, 0.15) is 5.82 Å². The summed E-state index contributed by atoms with van der Waals surface area (Å²) in [5, 5.41) is 12.3. The number of benzene rings is 1. The highest BCUT2D eigenvalue weighted by atomic mass is 19.4. The van der Waals surface area contributed by atoms with Crippen LogP contribution in [0.1, 0.15) is 30.3 Å². The van der Waals surface area contributed by atoms with Crippen LogP contribution in [0, 0.1) is 17.5 Å². The van der Waals surface area contributed by atoms with Gasteiger partial charge in [-0.05, 0) is 12.8 Å². The standard InChI is InChI=1S/C22H17F6N7O3.C2HF3O2/c23-12-7-13-16(18(25)17(12)24)19(32-20(30-13)29-8-11-6-14(33-38-11)22(26,27)28)34-4-1-2-10(9-34)35-5-3-15(36)31-21(35)37;3-2(4,5)1(6)7/h3,5-7,10H,1-2,4,8-9H2,(H,29,30,32)(H,31,36,37);(H,6,7). The van der Waals surface area contributed by atoms with E-state index in [0.717, 1.165) is 0 Å². The number of hydrogen-bond acceptors (Lipinski definition) is 9. The fraction of sp³-hybridized carbons (Fsp3) is 0.333.